The summed E-state index contributed by atoms with van der Waals surface area (Å²) in [5.74, 6) is 1.95. The third-order valence-electron chi connectivity index (χ3n) is 2.98. The number of carboxylic acid groups (broad SMARTS) is 1. The molecule has 1 aliphatic heterocycles. The van der Waals surface area contributed by atoms with Crippen LogP contribution in [-0.2, 0) is 4.79 Å². The zero-order valence-electron chi connectivity index (χ0n) is 10.1. The number of likely N-dealkylation sites (tertiary alicyclic amines) is 1. The van der Waals surface area contributed by atoms with Crippen molar-refractivity contribution in [3.05, 3.63) is 0 Å². The minimum Gasteiger partial charge on any atom is -0.481 e. The second kappa shape index (κ2) is 6.14. The van der Waals surface area contributed by atoms with Crippen LogP contribution in [0.15, 0.2) is 0 Å². The molecular formula is C12H18N2O3. The maximum atomic E-state index is 11.9. The van der Waals surface area contributed by atoms with Crippen molar-refractivity contribution in [2.75, 3.05) is 26.7 Å². The number of aliphatic carboxylic acids is 1. The normalized spacial score (nSPS) is 18.8. The Morgan fingerprint density at radius 1 is 1.59 bits per heavy atom. The first-order valence-electron chi connectivity index (χ1n) is 5.70. The number of urea groups is 1. The quantitative estimate of drug-likeness (QED) is 0.739. The minimum atomic E-state index is -0.778. The Bertz CT molecular complexity index is 335. The van der Waals surface area contributed by atoms with Crippen molar-refractivity contribution in [3.63, 3.8) is 0 Å². The fraction of sp³-hybridized carbons (Fsp3) is 0.667. The molecule has 17 heavy (non-hydrogen) atoms. The number of carbonyl (C=O) groups excluding carboxylic acids is 1. The highest BCUT2D eigenvalue weighted by atomic mass is 16.4. The van der Waals surface area contributed by atoms with E-state index in [9.17, 15) is 9.59 Å². The lowest BCUT2D eigenvalue weighted by Crippen LogP contribution is -2.40. The molecule has 0 aromatic carbocycles. The molecule has 0 aromatic heterocycles. The van der Waals surface area contributed by atoms with Gasteiger partial charge in [-0.15, -0.1) is 6.42 Å². The summed E-state index contributed by atoms with van der Waals surface area (Å²) in [6, 6.07) is -0.0687. The summed E-state index contributed by atoms with van der Waals surface area (Å²) in [4.78, 5) is 25.6. The molecule has 1 aliphatic rings. The zero-order chi connectivity index (χ0) is 12.8. The van der Waals surface area contributed by atoms with Gasteiger partial charge in [0.1, 0.15) is 0 Å². The molecule has 1 N–H and O–H groups in total. The van der Waals surface area contributed by atoms with E-state index < -0.39 is 5.97 Å². The van der Waals surface area contributed by atoms with E-state index in [0.29, 0.717) is 32.0 Å². The van der Waals surface area contributed by atoms with E-state index in [4.69, 9.17) is 11.5 Å². The van der Waals surface area contributed by atoms with Crippen LogP contribution < -0.4 is 0 Å². The number of hydrogen-bond donors (Lipinski definition) is 1. The Balaban J connectivity index is 2.37. The molecule has 0 bridgehead atoms. The summed E-state index contributed by atoms with van der Waals surface area (Å²) in [6.07, 6.45) is 6.83. The first kappa shape index (κ1) is 13.4. The summed E-state index contributed by atoms with van der Waals surface area (Å²) in [7, 11) is 1.67. The lowest BCUT2D eigenvalue weighted by molar-refractivity contribution is -0.137. The molecule has 0 saturated carbocycles. The Morgan fingerprint density at radius 3 is 2.88 bits per heavy atom. The monoisotopic (exact) mass is 238 g/mol. The molecule has 0 spiro atoms. The number of rotatable bonds is 4. The van der Waals surface area contributed by atoms with E-state index in [0.717, 1.165) is 6.42 Å². The molecule has 5 heteroatoms. The predicted octanol–water partition coefficient (Wildman–Crippen LogP) is 0.858. The van der Waals surface area contributed by atoms with Gasteiger partial charge in [0.25, 0.3) is 0 Å². The summed E-state index contributed by atoms with van der Waals surface area (Å²) in [5.41, 5.74) is 0. The highest BCUT2D eigenvalue weighted by Crippen LogP contribution is 2.21. The van der Waals surface area contributed by atoms with E-state index in [1.165, 1.54) is 4.90 Å². The van der Waals surface area contributed by atoms with E-state index in [1.54, 1.807) is 11.9 Å². The van der Waals surface area contributed by atoms with Crippen LogP contribution in [0.4, 0.5) is 4.79 Å². The smallest absolute Gasteiger partial charge is 0.320 e. The third kappa shape index (κ3) is 3.99. The summed E-state index contributed by atoms with van der Waals surface area (Å²) in [5, 5.41) is 8.60. The highest BCUT2D eigenvalue weighted by molar-refractivity contribution is 5.74. The largest absolute Gasteiger partial charge is 0.481 e. The molecule has 1 rings (SSSR count). The van der Waals surface area contributed by atoms with E-state index in [-0.39, 0.29) is 12.5 Å². The molecule has 5 nitrogen and oxygen atoms in total. The van der Waals surface area contributed by atoms with Gasteiger partial charge in [0, 0.05) is 26.6 Å². The lowest BCUT2D eigenvalue weighted by Gasteiger charge is -2.23. The Hall–Kier alpha value is -1.70. The van der Waals surface area contributed by atoms with Gasteiger partial charge >= 0.3 is 12.0 Å². The molecule has 1 saturated heterocycles. The fourth-order valence-electron chi connectivity index (χ4n) is 2.02. The second-order valence-corrected chi connectivity index (χ2v) is 4.38. The standard InChI is InChI=1S/C12H18N2O3/c1-3-7-13(2)12(17)14-8-6-10(9-14)4-5-11(15)16/h1,10H,4-9H2,2H3,(H,15,16). The average molecular weight is 238 g/mol. The van der Waals surface area contributed by atoms with Gasteiger partial charge in [0.15, 0.2) is 0 Å². The Morgan fingerprint density at radius 2 is 2.29 bits per heavy atom. The summed E-state index contributed by atoms with van der Waals surface area (Å²) < 4.78 is 0. The van der Waals surface area contributed by atoms with Gasteiger partial charge in [-0.05, 0) is 18.8 Å². The van der Waals surface area contributed by atoms with E-state index in [2.05, 4.69) is 5.92 Å². The lowest BCUT2D eigenvalue weighted by atomic mass is 10.0. The summed E-state index contributed by atoms with van der Waals surface area (Å²) in [6.45, 7) is 1.63. The van der Waals surface area contributed by atoms with Crippen molar-refractivity contribution in [2.45, 2.75) is 19.3 Å². The van der Waals surface area contributed by atoms with Gasteiger partial charge in [0.2, 0.25) is 0 Å². The van der Waals surface area contributed by atoms with Crippen molar-refractivity contribution in [1.29, 1.82) is 0 Å². The van der Waals surface area contributed by atoms with Gasteiger partial charge in [0.05, 0.1) is 6.54 Å². The molecule has 1 fully saturated rings. The van der Waals surface area contributed by atoms with E-state index in [1.807, 2.05) is 0 Å². The van der Waals surface area contributed by atoms with Crippen molar-refractivity contribution in [1.82, 2.24) is 9.80 Å². The number of carboxylic acids is 1. The first-order chi connectivity index (χ1) is 8.04. The number of amides is 2. The van der Waals surface area contributed by atoms with Crippen LogP contribution in [0.2, 0.25) is 0 Å². The predicted molar refractivity (Wildman–Crippen MR) is 63.4 cm³/mol. The van der Waals surface area contributed by atoms with E-state index >= 15 is 0 Å². The van der Waals surface area contributed by atoms with Gasteiger partial charge in [-0.2, -0.15) is 0 Å². The average Bonchev–Trinajstić information content (AvgIpc) is 2.74. The molecule has 0 aromatic rings. The molecule has 0 aliphatic carbocycles. The number of nitrogens with zero attached hydrogens (tertiary/aromatic N) is 2. The Labute approximate surface area is 101 Å². The molecule has 1 heterocycles. The molecule has 1 atom stereocenters. The van der Waals surface area contributed by atoms with Gasteiger partial charge in [-0.3, -0.25) is 4.79 Å². The molecule has 1 unspecified atom stereocenters. The van der Waals surface area contributed by atoms with Crippen LogP contribution in [0.3, 0.4) is 0 Å². The van der Waals surface area contributed by atoms with Crippen LogP contribution in [0.1, 0.15) is 19.3 Å². The van der Waals surface area contributed by atoms with Gasteiger partial charge in [-0.1, -0.05) is 5.92 Å². The maximum Gasteiger partial charge on any atom is 0.320 e. The molecular weight excluding hydrogens is 220 g/mol. The molecule has 0 radical (unpaired) electrons. The maximum absolute atomic E-state index is 11.9. The number of terminal acetylenes is 1. The third-order valence-corrected chi connectivity index (χ3v) is 2.98. The van der Waals surface area contributed by atoms with Crippen molar-refractivity contribution in [3.8, 4) is 12.3 Å². The topological polar surface area (TPSA) is 60.9 Å². The molecule has 94 valence electrons. The fourth-order valence-corrected chi connectivity index (χ4v) is 2.02. The van der Waals surface area contributed by atoms with Gasteiger partial charge < -0.3 is 14.9 Å². The van der Waals surface area contributed by atoms with Crippen molar-refractivity contribution in [2.24, 2.45) is 5.92 Å². The van der Waals surface area contributed by atoms with Crippen LogP contribution in [0, 0.1) is 18.3 Å². The highest BCUT2D eigenvalue weighted by Gasteiger charge is 2.27. The first-order valence-corrected chi connectivity index (χ1v) is 5.70. The van der Waals surface area contributed by atoms with Gasteiger partial charge in [-0.25, -0.2) is 4.79 Å². The number of carbonyl (C=O) groups is 2. The van der Waals surface area contributed by atoms with Crippen LogP contribution in [-0.4, -0.2) is 53.6 Å². The summed E-state index contributed by atoms with van der Waals surface area (Å²) >= 11 is 0. The zero-order valence-corrected chi connectivity index (χ0v) is 10.1. The SMILES string of the molecule is C#CCN(C)C(=O)N1CCC(CCC(=O)O)C1. The molecule has 2 amide bonds. The van der Waals surface area contributed by atoms with Crippen LogP contribution in [0.5, 0.6) is 0 Å². The van der Waals surface area contributed by atoms with Crippen LogP contribution in [0.25, 0.3) is 0 Å². The Kier molecular flexibility index (Phi) is 4.83. The van der Waals surface area contributed by atoms with Crippen LogP contribution >= 0.6 is 0 Å². The van der Waals surface area contributed by atoms with Crippen molar-refractivity contribution < 1.29 is 14.7 Å². The minimum absolute atomic E-state index is 0.0687. The number of hydrogen-bond acceptors (Lipinski definition) is 2. The second-order valence-electron chi connectivity index (χ2n) is 4.38. The van der Waals surface area contributed by atoms with Crippen molar-refractivity contribution >= 4 is 12.0 Å².